The van der Waals surface area contributed by atoms with Gasteiger partial charge in [0.2, 0.25) is 5.91 Å². The van der Waals surface area contributed by atoms with E-state index in [4.69, 9.17) is 4.52 Å². The summed E-state index contributed by atoms with van der Waals surface area (Å²) < 4.78 is 6.84. The summed E-state index contributed by atoms with van der Waals surface area (Å²) in [5, 5.41) is 8.15. The number of carbonyl (C=O) groups excluding carboxylic acids is 1. The maximum Gasteiger partial charge on any atom is 0.227 e. The van der Waals surface area contributed by atoms with Crippen molar-refractivity contribution in [2.75, 3.05) is 6.54 Å². The van der Waals surface area contributed by atoms with Gasteiger partial charge in [0.05, 0.1) is 18.7 Å². The highest BCUT2D eigenvalue weighted by molar-refractivity contribution is 5.79. The Morgan fingerprint density at radius 3 is 3.05 bits per heavy atom. The normalized spacial score (nSPS) is 18.7. The SMILES string of the molecule is Cc1cc(C2CCCN2C(=O)Cc2cnn(C)c2)no1. The van der Waals surface area contributed by atoms with Crippen molar-refractivity contribution in [3.8, 4) is 0 Å². The Hall–Kier alpha value is -2.11. The second-order valence-corrected chi connectivity index (χ2v) is 5.31. The number of rotatable bonds is 3. The molecule has 1 saturated heterocycles. The van der Waals surface area contributed by atoms with E-state index >= 15 is 0 Å². The number of hydrogen-bond acceptors (Lipinski definition) is 4. The minimum Gasteiger partial charge on any atom is -0.361 e. The predicted molar refractivity (Wildman–Crippen MR) is 71.8 cm³/mol. The fraction of sp³-hybridized carbons (Fsp3) is 0.500. The first kappa shape index (κ1) is 12.9. The molecule has 1 unspecified atom stereocenters. The van der Waals surface area contributed by atoms with Gasteiger partial charge in [-0.25, -0.2) is 0 Å². The number of hydrogen-bond donors (Lipinski definition) is 0. The van der Waals surface area contributed by atoms with Crippen molar-refractivity contribution in [2.45, 2.75) is 32.2 Å². The van der Waals surface area contributed by atoms with Gasteiger partial charge in [-0.15, -0.1) is 0 Å². The highest BCUT2D eigenvalue weighted by Crippen LogP contribution is 2.31. The number of likely N-dealkylation sites (tertiary alicyclic amines) is 1. The minimum absolute atomic E-state index is 0.0524. The molecule has 0 radical (unpaired) electrons. The summed E-state index contributed by atoms with van der Waals surface area (Å²) in [5.41, 5.74) is 1.80. The van der Waals surface area contributed by atoms with Crippen LogP contribution in [-0.4, -0.2) is 32.3 Å². The van der Waals surface area contributed by atoms with Crippen molar-refractivity contribution in [3.05, 3.63) is 35.5 Å². The van der Waals surface area contributed by atoms with Crippen molar-refractivity contribution in [1.82, 2.24) is 19.8 Å². The highest BCUT2D eigenvalue weighted by Gasteiger charge is 2.31. The molecule has 0 bridgehead atoms. The lowest BCUT2D eigenvalue weighted by Crippen LogP contribution is -2.31. The molecule has 6 heteroatoms. The maximum atomic E-state index is 12.4. The molecular weight excluding hydrogens is 256 g/mol. The van der Waals surface area contributed by atoms with E-state index in [9.17, 15) is 4.79 Å². The summed E-state index contributed by atoms with van der Waals surface area (Å²) in [5.74, 6) is 0.910. The fourth-order valence-corrected chi connectivity index (χ4v) is 2.75. The second kappa shape index (κ2) is 5.11. The van der Waals surface area contributed by atoms with Crippen molar-refractivity contribution < 1.29 is 9.32 Å². The van der Waals surface area contributed by atoms with Crippen LogP contribution in [0.1, 0.15) is 35.9 Å². The molecule has 1 aliphatic rings. The lowest BCUT2D eigenvalue weighted by Gasteiger charge is -2.22. The minimum atomic E-state index is 0.0524. The van der Waals surface area contributed by atoms with E-state index in [0.29, 0.717) is 6.42 Å². The highest BCUT2D eigenvalue weighted by atomic mass is 16.5. The molecule has 0 spiro atoms. The van der Waals surface area contributed by atoms with Gasteiger partial charge in [-0.1, -0.05) is 5.16 Å². The van der Waals surface area contributed by atoms with E-state index < -0.39 is 0 Å². The van der Waals surface area contributed by atoms with Crippen LogP contribution in [0.2, 0.25) is 0 Å². The van der Waals surface area contributed by atoms with Gasteiger partial charge in [0.15, 0.2) is 0 Å². The molecule has 2 aromatic rings. The summed E-state index contributed by atoms with van der Waals surface area (Å²) in [6.45, 7) is 2.66. The maximum absolute atomic E-state index is 12.4. The van der Waals surface area contributed by atoms with Crippen molar-refractivity contribution in [3.63, 3.8) is 0 Å². The van der Waals surface area contributed by atoms with Crippen LogP contribution >= 0.6 is 0 Å². The summed E-state index contributed by atoms with van der Waals surface area (Å²) in [7, 11) is 1.85. The molecule has 3 rings (SSSR count). The zero-order chi connectivity index (χ0) is 14.1. The van der Waals surface area contributed by atoms with Gasteiger partial charge >= 0.3 is 0 Å². The summed E-state index contributed by atoms with van der Waals surface area (Å²) >= 11 is 0. The molecule has 6 nitrogen and oxygen atoms in total. The smallest absolute Gasteiger partial charge is 0.227 e. The van der Waals surface area contributed by atoms with Gasteiger partial charge in [-0.3, -0.25) is 9.48 Å². The molecule has 0 N–H and O–H groups in total. The molecule has 0 aliphatic carbocycles. The molecule has 3 heterocycles. The zero-order valence-electron chi connectivity index (χ0n) is 11.7. The van der Waals surface area contributed by atoms with Crippen LogP contribution in [-0.2, 0) is 18.3 Å². The van der Waals surface area contributed by atoms with Crippen LogP contribution in [0, 0.1) is 6.92 Å². The summed E-state index contributed by atoms with van der Waals surface area (Å²) in [6.07, 6.45) is 5.97. The van der Waals surface area contributed by atoms with Crippen LogP contribution in [0.25, 0.3) is 0 Å². The van der Waals surface area contributed by atoms with Gasteiger partial charge < -0.3 is 9.42 Å². The van der Waals surface area contributed by atoms with Gasteiger partial charge in [-0.05, 0) is 25.3 Å². The third-order valence-electron chi connectivity index (χ3n) is 3.67. The van der Waals surface area contributed by atoms with Crippen LogP contribution < -0.4 is 0 Å². The van der Waals surface area contributed by atoms with Crippen molar-refractivity contribution in [1.29, 1.82) is 0 Å². The molecule has 0 aromatic carbocycles. The van der Waals surface area contributed by atoms with Crippen LogP contribution in [0.5, 0.6) is 0 Å². The molecule has 1 fully saturated rings. The Labute approximate surface area is 117 Å². The third-order valence-corrected chi connectivity index (χ3v) is 3.67. The Morgan fingerprint density at radius 2 is 2.40 bits per heavy atom. The van der Waals surface area contributed by atoms with E-state index in [-0.39, 0.29) is 11.9 Å². The average molecular weight is 274 g/mol. The Balaban J connectivity index is 1.73. The van der Waals surface area contributed by atoms with Gasteiger partial charge in [0.1, 0.15) is 11.5 Å². The quantitative estimate of drug-likeness (QED) is 0.853. The molecule has 1 aliphatic heterocycles. The van der Waals surface area contributed by atoms with E-state index in [1.54, 1.807) is 10.9 Å². The predicted octanol–water partition coefficient (Wildman–Crippen LogP) is 1.62. The first-order valence-electron chi connectivity index (χ1n) is 6.83. The van der Waals surface area contributed by atoms with E-state index in [0.717, 1.165) is 36.4 Å². The monoisotopic (exact) mass is 274 g/mol. The van der Waals surface area contributed by atoms with Gasteiger partial charge in [0.25, 0.3) is 0 Å². The van der Waals surface area contributed by atoms with Gasteiger partial charge in [0, 0.05) is 25.9 Å². The van der Waals surface area contributed by atoms with E-state index in [1.165, 1.54) is 0 Å². The lowest BCUT2D eigenvalue weighted by atomic mass is 10.1. The number of aryl methyl sites for hydroxylation is 2. The van der Waals surface area contributed by atoms with Crippen LogP contribution in [0.4, 0.5) is 0 Å². The summed E-state index contributed by atoms with van der Waals surface area (Å²) in [4.78, 5) is 14.4. The Morgan fingerprint density at radius 1 is 1.55 bits per heavy atom. The number of nitrogens with zero attached hydrogens (tertiary/aromatic N) is 4. The second-order valence-electron chi connectivity index (χ2n) is 5.31. The Bertz CT molecular complexity index is 616. The molecule has 1 amide bonds. The Kier molecular flexibility index (Phi) is 3.30. The number of carbonyl (C=O) groups is 1. The zero-order valence-corrected chi connectivity index (χ0v) is 11.7. The lowest BCUT2D eigenvalue weighted by molar-refractivity contribution is -0.131. The third kappa shape index (κ3) is 2.45. The largest absolute Gasteiger partial charge is 0.361 e. The molecule has 0 saturated carbocycles. The van der Waals surface area contributed by atoms with Crippen molar-refractivity contribution in [2.24, 2.45) is 7.05 Å². The van der Waals surface area contributed by atoms with Crippen molar-refractivity contribution >= 4 is 5.91 Å². The molecule has 1 atom stereocenters. The van der Waals surface area contributed by atoms with Crippen LogP contribution in [0.15, 0.2) is 23.0 Å². The average Bonchev–Trinajstić information content (AvgIpc) is 3.09. The van der Waals surface area contributed by atoms with Crippen LogP contribution in [0.3, 0.4) is 0 Å². The molecule has 106 valence electrons. The number of amides is 1. The number of aromatic nitrogens is 3. The molecule has 20 heavy (non-hydrogen) atoms. The first-order chi connectivity index (χ1) is 9.63. The molecule has 2 aromatic heterocycles. The standard InChI is InChI=1S/C14H18N4O2/c1-10-6-12(16-20-10)13-4-3-5-18(13)14(19)7-11-8-15-17(2)9-11/h6,8-9,13H,3-5,7H2,1-2H3. The first-order valence-corrected chi connectivity index (χ1v) is 6.83. The van der Waals surface area contributed by atoms with Gasteiger partial charge in [-0.2, -0.15) is 5.10 Å². The fourth-order valence-electron chi connectivity index (χ4n) is 2.75. The topological polar surface area (TPSA) is 64.2 Å². The van der Waals surface area contributed by atoms with E-state index in [1.807, 2.05) is 31.1 Å². The van der Waals surface area contributed by atoms with E-state index in [2.05, 4.69) is 10.3 Å². The molecular formula is C14H18N4O2. The summed E-state index contributed by atoms with van der Waals surface area (Å²) in [6, 6.07) is 1.97.